The van der Waals surface area contributed by atoms with Gasteiger partial charge in [-0.1, -0.05) is 77.7 Å². The SMILES string of the molecule is C.C.C.C.C=CC.Cn1ccnc1-c1cc2nccc(Cl)c2s1.Cn1ccnc1-c1cc2nccc(Nc3ccc(N)cc3)c2s1.Cn1ccnc1-c1cc2nccc(Nc3ccc(NC(=S)NC(=O)Cc4ccccc4)cc3)c2s1.Nc1ccc(N)cc1. The summed E-state index contributed by atoms with van der Waals surface area (Å²) >= 11 is 16.4. The van der Waals surface area contributed by atoms with Gasteiger partial charge in [-0.05, 0) is 134 Å². The van der Waals surface area contributed by atoms with Crippen molar-refractivity contribution >= 4 is 145 Å². The zero-order valence-corrected chi connectivity index (χ0v) is 50.7. The largest absolute Gasteiger partial charge is 0.399 e. The normalized spacial score (nSPS) is 10.0. The summed E-state index contributed by atoms with van der Waals surface area (Å²) in [4.78, 5) is 41.9. The molecule has 1 amide bonds. The number of anilines is 8. The number of nitrogens with two attached hydrogens (primary N) is 3. The quantitative estimate of drug-likeness (QED) is 0.0383. The Morgan fingerprint density at radius 1 is 0.528 bits per heavy atom. The van der Waals surface area contributed by atoms with Gasteiger partial charge in [-0.3, -0.25) is 19.7 Å². The summed E-state index contributed by atoms with van der Waals surface area (Å²) in [7, 11) is 5.95. The van der Waals surface area contributed by atoms with Crippen molar-refractivity contribution in [2.45, 2.75) is 43.1 Å². The number of halogens is 1. The molecule has 22 heteroatoms. The number of nitrogens with one attached hydrogen (secondary N) is 4. The molecule has 13 aromatic rings. The number of carbonyl (C=O) groups is 1. The topological polar surface area (TPSA) is 235 Å². The Kier molecular flexibility index (Phi) is 26.3. The lowest BCUT2D eigenvalue weighted by Crippen LogP contribution is -2.35. The standard InChI is InChI=1S/C26H22N6OS2.C17H15N5S.C11H8ClN3S.C6H8N2.C3H6.4CH4/c1-32-14-13-28-25(32)22-16-21-24(35-22)20(11-12-27-21)29-18-7-9-19(10-8-18)30-26(34)31-23(33)15-17-5-3-2-4-6-17;1-22-9-8-20-17(22)15-10-14-16(23-15)13(6-7-19-14)21-12-4-2-11(18)3-5-12;1-15-5-4-14-11(15)9-6-8-10(16-9)7(12)2-3-13-8;7-5-1-2-6(8)4-3-5;1-3-2;;;;/h2-14,16H,15H2,1H3,(H,27,29)(H2,30,31,33,34);2-10H,18H2,1H3,(H,19,21);2-6H,1H3;1-4H,7-8H2;3H,1H2,2H3;4*1H4. The smallest absolute Gasteiger partial charge is 0.230 e. The number of aromatic nitrogens is 9. The van der Waals surface area contributed by atoms with Crippen LogP contribution in [0, 0.1) is 0 Å². The van der Waals surface area contributed by atoms with Crippen LogP contribution >= 0.6 is 57.8 Å². The third-order valence-electron chi connectivity index (χ3n) is 12.3. The number of hydrogen-bond acceptors (Lipinski definition) is 16. The minimum Gasteiger partial charge on any atom is -0.399 e. The van der Waals surface area contributed by atoms with E-state index in [1.54, 1.807) is 95.3 Å². The molecule has 9 aromatic heterocycles. The number of pyridine rings is 3. The Bertz CT molecular complexity index is 4320. The highest BCUT2D eigenvalue weighted by Gasteiger charge is 2.15. The average molecular weight is 1280 g/mol. The van der Waals surface area contributed by atoms with Crippen LogP contribution in [0.3, 0.4) is 0 Å². The highest BCUT2D eigenvalue weighted by Crippen LogP contribution is 2.39. The van der Waals surface area contributed by atoms with Gasteiger partial charge in [0, 0.05) is 111 Å². The fraction of sp³-hybridized carbons (Fsp3) is 0.134. The molecule has 4 aromatic carbocycles. The molecular formula is C67H75ClN16OS4. The summed E-state index contributed by atoms with van der Waals surface area (Å²) in [6.07, 6.45) is 18.6. The highest BCUT2D eigenvalue weighted by molar-refractivity contribution is 7.80. The number of allylic oxidation sites excluding steroid dienone is 1. The van der Waals surface area contributed by atoms with Gasteiger partial charge in [0.15, 0.2) is 5.11 Å². The third kappa shape index (κ3) is 18.6. The molecular weight excluding hydrogens is 1210 g/mol. The maximum Gasteiger partial charge on any atom is 0.230 e. The summed E-state index contributed by atoms with van der Waals surface area (Å²) in [6.45, 7) is 5.25. The van der Waals surface area contributed by atoms with E-state index in [2.05, 4.69) is 69.9 Å². The Labute approximate surface area is 543 Å². The van der Waals surface area contributed by atoms with Gasteiger partial charge in [0.25, 0.3) is 0 Å². The van der Waals surface area contributed by atoms with E-state index in [4.69, 9.17) is 41.0 Å². The first-order valence-corrected chi connectivity index (χ1v) is 29.5. The Balaban J connectivity index is 0.000000230. The third-order valence-corrected chi connectivity index (χ3v) is 16.4. The van der Waals surface area contributed by atoms with Crippen LogP contribution in [0.1, 0.15) is 42.2 Å². The molecule has 0 radical (unpaired) electrons. The number of thiophene rings is 3. The molecule has 0 aliphatic heterocycles. The van der Waals surface area contributed by atoms with Crippen LogP contribution in [0.5, 0.6) is 0 Å². The van der Waals surface area contributed by atoms with Crippen LogP contribution in [-0.4, -0.2) is 54.6 Å². The summed E-state index contributed by atoms with van der Waals surface area (Å²) in [5, 5.41) is 13.7. The lowest BCUT2D eigenvalue weighted by atomic mass is 10.1. The first-order chi connectivity index (χ1) is 41.2. The zero-order chi connectivity index (χ0) is 59.8. The van der Waals surface area contributed by atoms with E-state index in [0.717, 1.165) is 119 Å². The van der Waals surface area contributed by atoms with E-state index in [9.17, 15) is 4.79 Å². The van der Waals surface area contributed by atoms with Crippen molar-refractivity contribution in [3.05, 3.63) is 219 Å². The summed E-state index contributed by atoms with van der Waals surface area (Å²) in [5.74, 6) is 2.65. The van der Waals surface area contributed by atoms with E-state index in [-0.39, 0.29) is 47.1 Å². The fourth-order valence-corrected chi connectivity index (χ4v) is 12.1. The van der Waals surface area contributed by atoms with Crippen molar-refractivity contribution in [1.29, 1.82) is 0 Å². The van der Waals surface area contributed by atoms with Crippen LogP contribution in [-0.2, 0) is 32.4 Å². The number of amides is 1. The van der Waals surface area contributed by atoms with E-state index in [0.29, 0.717) is 0 Å². The number of rotatable bonds is 10. The molecule has 460 valence electrons. The number of hydrogen-bond donors (Lipinski definition) is 7. The maximum atomic E-state index is 12.2. The number of nitrogen functional groups attached to an aromatic ring is 3. The van der Waals surface area contributed by atoms with Gasteiger partial charge in [-0.25, -0.2) is 15.0 Å². The Hall–Kier alpha value is -9.77. The molecule has 0 saturated carbocycles. The predicted molar refractivity (Wildman–Crippen MR) is 387 cm³/mol. The van der Waals surface area contributed by atoms with Crippen molar-refractivity contribution in [3.8, 4) is 32.1 Å². The number of aryl methyl sites for hydroxylation is 3. The number of benzene rings is 4. The number of nitrogens with zero attached hydrogens (tertiary/aromatic N) is 9. The Morgan fingerprint density at radius 2 is 0.888 bits per heavy atom. The summed E-state index contributed by atoms with van der Waals surface area (Å²) in [6, 6.07) is 44.0. The van der Waals surface area contributed by atoms with Crippen molar-refractivity contribution in [2.24, 2.45) is 21.1 Å². The highest BCUT2D eigenvalue weighted by atomic mass is 35.5. The monoisotopic (exact) mass is 1280 g/mol. The van der Waals surface area contributed by atoms with Gasteiger partial charge < -0.3 is 52.2 Å². The van der Waals surface area contributed by atoms with Gasteiger partial charge in [0.2, 0.25) is 5.91 Å². The summed E-state index contributed by atoms with van der Waals surface area (Å²) < 4.78 is 9.19. The molecule has 0 fully saturated rings. The molecule has 9 heterocycles. The zero-order valence-electron chi connectivity index (χ0n) is 46.6. The maximum absolute atomic E-state index is 12.2. The fourth-order valence-electron chi connectivity index (χ4n) is 8.24. The van der Waals surface area contributed by atoms with Gasteiger partial charge in [0.1, 0.15) is 17.5 Å². The van der Waals surface area contributed by atoms with Crippen LogP contribution in [0.4, 0.5) is 45.5 Å². The van der Waals surface area contributed by atoms with Gasteiger partial charge >= 0.3 is 0 Å². The number of fused-ring (bicyclic) bond motifs is 3. The van der Waals surface area contributed by atoms with Gasteiger partial charge in [0.05, 0.1) is 68.1 Å². The van der Waals surface area contributed by atoms with Gasteiger partial charge in [-0.15, -0.1) is 40.6 Å². The molecule has 13 rings (SSSR count). The van der Waals surface area contributed by atoms with Crippen molar-refractivity contribution in [3.63, 3.8) is 0 Å². The molecule has 0 unspecified atom stereocenters. The number of thiocarbonyl (C=S) groups is 1. The molecule has 0 aliphatic rings. The molecule has 89 heavy (non-hydrogen) atoms. The van der Waals surface area contributed by atoms with E-state index < -0.39 is 0 Å². The van der Waals surface area contributed by atoms with Crippen LogP contribution in [0.25, 0.3) is 62.8 Å². The second-order valence-electron chi connectivity index (χ2n) is 18.8. The lowest BCUT2D eigenvalue weighted by Gasteiger charge is -2.11. The molecule has 10 N–H and O–H groups in total. The molecule has 0 aliphatic carbocycles. The van der Waals surface area contributed by atoms with Crippen molar-refractivity contribution in [2.75, 3.05) is 33.2 Å². The average Bonchev–Trinajstić information content (AvgIpc) is 1.83. The molecule has 0 atom stereocenters. The number of carbonyl (C=O) groups excluding carboxylic acids is 1. The second kappa shape index (κ2) is 33.4. The first-order valence-electron chi connectivity index (χ1n) is 26.3. The lowest BCUT2D eigenvalue weighted by molar-refractivity contribution is -0.119. The molecule has 0 spiro atoms. The molecule has 0 saturated heterocycles. The molecule has 17 nitrogen and oxygen atoms in total. The van der Waals surface area contributed by atoms with Crippen LogP contribution in [0.15, 0.2) is 208 Å². The van der Waals surface area contributed by atoms with Crippen molar-refractivity contribution < 1.29 is 4.79 Å². The number of imidazole rings is 3. The second-order valence-corrected chi connectivity index (χ2v) is 22.7. The van der Waals surface area contributed by atoms with Crippen molar-refractivity contribution in [1.82, 2.24) is 48.9 Å². The van der Waals surface area contributed by atoms with Crippen LogP contribution < -0.4 is 38.5 Å². The minimum atomic E-state index is -0.158. The Morgan fingerprint density at radius 3 is 1.28 bits per heavy atom. The minimum absolute atomic E-state index is 0. The van der Waals surface area contributed by atoms with E-state index >= 15 is 0 Å². The van der Waals surface area contributed by atoms with E-state index in [1.165, 1.54) is 0 Å². The van der Waals surface area contributed by atoms with Gasteiger partial charge in [-0.2, -0.15) is 0 Å². The predicted octanol–water partition coefficient (Wildman–Crippen LogP) is 17.5. The molecule has 0 bridgehead atoms. The van der Waals surface area contributed by atoms with E-state index in [1.807, 2.05) is 170 Å². The van der Waals surface area contributed by atoms with Crippen LogP contribution in [0.2, 0.25) is 5.02 Å². The summed E-state index contributed by atoms with van der Waals surface area (Å²) in [5.41, 5.74) is 27.2. The first kappa shape index (κ1) is 70.0.